The fraction of sp³-hybridized carbons (Fsp3) is 0.286. The molecule has 28 heavy (non-hydrogen) atoms. The van der Waals surface area contributed by atoms with Crippen LogP contribution in [0.2, 0.25) is 0 Å². The van der Waals surface area contributed by atoms with Gasteiger partial charge in [0.1, 0.15) is 5.75 Å². The van der Waals surface area contributed by atoms with Gasteiger partial charge in [-0.3, -0.25) is 4.79 Å². The standard InChI is InChI=1S/C21H23NO6/c1-5-18(28-17-8-6-7-13(2)9-17)19(23)22-16-11-14(20(24)26-3)10-15(12-16)21(25)27-4/h6-12,18H,5H2,1-4H3,(H,22,23)/t18-/m0/s1. The molecule has 2 aromatic carbocycles. The first-order valence-corrected chi connectivity index (χ1v) is 8.73. The van der Waals surface area contributed by atoms with Crippen LogP contribution in [-0.4, -0.2) is 38.2 Å². The minimum absolute atomic E-state index is 0.119. The molecule has 148 valence electrons. The van der Waals surface area contributed by atoms with Crippen LogP contribution in [0.4, 0.5) is 5.69 Å². The van der Waals surface area contributed by atoms with Gasteiger partial charge in [0, 0.05) is 5.69 Å². The number of carbonyl (C=O) groups is 3. The molecule has 0 bridgehead atoms. The number of ether oxygens (including phenoxy) is 3. The first-order chi connectivity index (χ1) is 13.4. The number of benzene rings is 2. The van der Waals surface area contributed by atoms with Crippen LogP contribution in [-0.2, 0) is 14.3 Å². The van der Waals surface area contributed by atoms with E-state index in [1.54, 1.807) is 6.07 Å². The van der Waals surface area contributed by atoms with Gasteiger partial charge in [0.25, 0.3) is 5.91 Å². The minimum Gasteiger partial charge on any atom is -0.481 e. The van der Waals surface area contributed by atoms with Gasteiger partial charge in [-0.05, 0) is 49.2 Å². The molecule has 0 radical (unpaired) electrons. The molecule has 0 unspecified atom stereocenters. The molecule has 0 saturated heterocycles. The van der Waals surface area contributed by atoms with Crippen molar-refractivity contribution in [2.24, 2.45) is 0 Å². The van der Waals surface area contributed by atoms with Crippen LogP contribution in [0.25, 0.3) is 0 Å². The molecule has 0 aliphatic heterocycles. The molecule has 0 aliphatic rings. The van der Waals surface area contributed by atoms with E-state index in [-0.39, 0.29) is 16.8 Å². The second-order valence-electron chi connectivity index (χ2n) is 6.10. The molecular formula is C21H23NO6. The third-order valence-corrected chi connectivity index (χ3v) is 3.97. The Kier molecular flexibility index (Phi) is 7.14. The number of esters is 2. The predicted octanol–water partition coefficient (Wildman–Crippen LogP) is 3.36. The van der Waals surface area contributed by atoms with Crippen molar-refractivity contribution < 1.29 is 28.6 Å². The van der Waals surface area contributed by atoms with Crippen LogP contribution in [0.3, 0.4) is 0 Å². The van der Waals surface area contributed by atoms with E-state index in [1.807, 2.05) is 32.0 Å². The van der Waals surface area contributed by atoms with Crippen molar-refractivity contribution in [1.29, 1.82) is 0 Å². The number of methoxy groups -OCH3 is 2. The molecule has 1 N–H and O–H groups in total. The van der Waals surface area contributed by atoms with Gasteiger partial charge < -0.3 is 19.5 Å². The molecular weight excluding hydrogens is 362 g/mol. The number of carbonyl (C=O) groups excluding carboxylic acids is 3. The monoisotopic (exact) mass is 385 g/mol. The predicted molar refractivity (Wildman–Crippen MR) is 104 cm³/mol. The zero-order chi connectivity index (χ0) is 20.7. The Morgan fingerprint density at radius 1 is 0.964 bits per heavy atom. The number of hydrogen-bond acceptors (Lipinski definition) is 6. The van der Waals surface area contributed by atoms with E-state index < -0.39 is 23.9 Å². The lowest BCUT2D eigenvalue weighted by molar-refractivity contribution is -0.122. The molecule has 0 spiro atoms. The maximum Gasteiger partial charge on any atom is 0.337 e. The Hall–Kier alpha value is -3.35. The average molecular weight is 385 g/mol. The van der Waals surface area contributed by atoms with Crippen LogP contribution >= 0.6 is 0 Å². The van der Waals surface area contributed by atoms with Crippen LogP contribution in [0.15, 0.2) is 42.5 Å². The third-order valence-electron chi connectivity index (χ3n) is 3.97. The number of hydrogen-bond donors (Lipinski definition) is 1. The Bertz CT molecular complexity index is 843. The van der Waals surface area contributed by atoms with E-state index >= 15 is 0 Å². The van der Waals surface area contributed by atoms with E-state index in [1.165, 1.54) is 32.4 Å². The fourth-order valence-corrected chi connectivity index (χ4v) is 2.57. The Labute approximate surface area is 163 Å². The molecule has 0 fully saturated rings. The quantitative estimate of drug-likeness (QED) is 0.735. The lowest BCUT2D eigenvalue weighted by Gasteiger charge is -2.18. The maximum absolute atomic E-state index is 12.7. The molecule has 0 aromatic heterocycles. The van der Waals surface area contributed by atoms with Gasteiger partial charge in [0.05, 0.1) is 25.3 Å². The summed E-state index contributed by atoms with van der Waals surface area (Å²) in [6.45, 7) is 3.76. The molecule has 0 aliphatic carbocycles. The van der Waals surface area contributed by atoms with Crippen molar-refractivity contribution in [3.05, 3.63) is 59.2 Å². The molecule has 1 amide bonds. The van der Waals surface area contributed by atoms with E-state index in [0.717, 1.165) is 5.56 Å². The van der Waals surface area contributed by atoms with Crippen LogP contribution < -0.4 is 10.1 Å². The van der Waals surface area contributed by atoms with Crippen molar-refractivity contribution in [2.75, 3.05) is 19.5 Å². The van der Waals surface area contributed by atoms with Crippen molar-refractivity contribution >= 4 is 23.5 Å². The number of amides is 1. The lowest BCUT2D eigenvalue weighted by Crippen LogP contribution is -2.32. The number of anilines is 1. The fourth-order valence-electron chi connectivity index (χ4n) is 2.57. The summed E-state index contributed by atoms with van der Waals surface area (Å²) < 4.78 is 15.2. The largest absolute Gasteiger partial charge is 0.481 e. The van der Waals surface area contributed by atoms with Gasteiger partial charge in [-0.1, -0.05) is 19.1 Å². The van der Waals surface area contributed by atoms with E-state index in [9.17, 15) is 14.4 Å². The average Bonchev–Trinajstić information content (AvgIpc) is 2.70. The lowest BCUT2D eigenvalue weighted by atomic mass is 10.1. The topological polar surface area (TPSA) is 90.9 Å². The van der Waals surface area contributed by atoms with Crippen LogP contribution in [0, 0.1) is 6.92 Å². The second-order valence-corrected chi connectivity index (χ2v) is 6.10. The maximum atomic E-state index is 12.7. The molecule has 0 heterocycles. The number of aryl methyl sites for hydroxylation is 1. The highest BCUT2D eigenvalue weighted by Gasteiger charge is 2.21. The highest BCUT2D eigenvalue weighted by molar-refractivity contribution is 6.00. The molecule has 7 heteroatoms. The summed E-state index contributed by atoms with van der Waals surface area (Å²) >= 11 is 0. The third kappa shape index (κ3) is 5.33. The van der Waals surface area contributed by atoms with E-state index in [0.29, 0.717) is 12.2 Å². The van der Waals surface area contributed by atoms with Gasteiger partial charge in [0.2, 0.25) is 0 Å². The normalized spacial score (nSPS) is 11.3. The highest BCUT2D eigenvalue weighted by atomic mass is 16.5. The molecule has 0 saturated carbocycles. The Balaban J connectivity index is 2.24. The smallest absolute Gasteiger partial charge is 0.337 e. The molecule has 2 rings (SSSR count). The van der Waals surface area contributed by atoms with Crippen molar-refractivity contribution in [3.8, 4) is 5.75 Å². The first-order valence-electron chi connectivity index (χ1n) is 8.73. The van der Waals surface area contributed by atoms with E-state index in [4.69, 9.17) is 14.2 Å². The highest BCUT2D eigenvalue weighted by Crippen LogP contribution is 2.20. The number of rotatable bonds is 7. The van der Waals surface area contributed by atoms with Gasteiger partial charge in [-0.2, -0.15) is 0 Å². The summed E-state index contributed by atoms with van der Waals surface area (Å²) in [7, 11) is 2.46. The number of nitrogens with one attached hydrogen (secondary N) is 1. The summed E-state index contributed by atoms with van der Waals surface area (Å²) in [6, 6.07) is 11.6. The van der Waals surface area contributed by atoms with Gasteiger partial charge in [-0.15, -0.1) is 0 Å². The zero-order valence-electron chi connectivity index (χ0n) is 16.3. The summed E-state index contributed by atoms with van der Waals surface area (Å²) in [6.07, 6.45) is -0.314. The van der Waals surface area contributed by atoms with Crippen molar-refractivity contribution in [1.82, 2.24) is 0 Å². The van der Waals surface area contributed by atoms with E-state index in [2.05, 4.69) is 5.32 Å². The first kappa shape index (κ1) is 21.0. The summed E-state index contributed by atoms with van der Waals surface area (Å²) in [5, 5.41) is 2.69. The SMILES string of the molecule is CC[C@H](Oc1cccc(C)c1)C(=O)Nc1cc(C(=O)OC)cc(C(=O)OC)c1. The summed E-state index contributed by atoms with van der Waals surface area (Å²) in [5.41, 5.74) is 1.52. The van der Waals surface area contributed by atoms with Crippen LogP contribution in [0.5, 0.6) is 5.75 Å². The van der Waals surface area contributed by atoms with Gasteiger partial charge in [0.15, 0.2) is 6.10 Å². The molecule has 7 nitrogen and oxygen atoms in total. The van der Waals surface area contributed by atoms with Gasteiger partial charge in [-0.25, -0.2) is 9.59 Å². The minimum atomic E-state index is -0.745. The zero-order valence-corrected chi connectivity index (χ0v) is 16.3. The molecule has 2 aromatic rings. The summed E-state index contributed by atoms with van der Waals surface area (Å²) in [5.74, 6) is -1.09. The second kappa shape index (κ2) is 9.55. The Morgan fingerprint density at radius 3 is 2.07 bits per heavy atom. The van der Waals surface area contributed by atoms with Crippen LogP contribution in [0.1, 0.15) is 39.6 Å². The van der Waals surface area contributed by atoms with Crippen molar-refractivity contribution in [3.63, 3.8) is 0 Å². The van der Waals surface area contributed by atoms with Crippen molar-refractivity contribution in [2.45, 2.75) is 26.4 Å². The Morgan fingerprint density at radius 2 is 1.57 bits per heavy atom. The summed E-state index contributed by atoms with van der Waals surface area (Å²) in [4.78, 5) is 36.4. The molecule has 1 atom stereocenters. The van der Waals surface area contributed by atoms with Gasteiger partial charge >= 0.3 is 11.9 Å².